The van der Waals surface area contributed by atoms with E-state index in [1.54, 1.807) is 17.1 Å². The van der Waals surface area contributed by atoms with Gasteiger partial charge in [-0.2, -0.15) is 5.10 Å². The van der Waals surface area contributed by atoms with E-state index in [4.69, 9.17) is 5.73 Å². The van der Waals surface area contributed by atoms with Crippen molar-refractivity contribution in [1.82, 2.24) is 14.8 Å². The van der Waals surface area contributed by atoms with Crippen molar-refractivity contribution in [2.24, 2.45) is 5.73 Å². The maximum atomic E-state index is 5.80. The van der Waals surface area contributed by atoms with Gasteiger partial charge in [0.1, 0.15) is 0 Å². The maximum Gasteiger partial charge on any atom is 0.153 e. The van der Waals surface area contributed by atoms with Crippen LogP contribution in [0.25, 0.3) is 5.82 Å². The monoisotopic (exact) mass is 266 g/mol. The van der Waals surface area contributed by atoms with Crippen LogP contribution in [0.3, 0.4) is 0 Å². The second-order valence-electron chi connectivity index (χ2n) is 3.34. The first-order chi connectivity index (χ1) is 7.16. The van der Waals surface area contributed by atoms with E-state index in [0.717, 1.165) is 15.9 Å². The standard InChI is InChI=1S/C10H11BrN4/c1-7(12)8-2-3-13-10(4-8)15-6-9(11)5-14-15/h2-7H,12H2,1H3/t7-/m0/s1. The number of aromatic nitrogens is 3. The molecule has 0 amide bonds. The van der Waals surface area contributed by atoms with Crippen LogP contribution in [-0.4, -0.2) is 14.8 Å². The Morgan fingerprint density at radius 2 is 2.33 bits per heavy atom. The molecule has 0 bridgehead atoms. The van der Waals surface area contributed by atoms with Gasteiger partial charge in [0.2, 0.25) is 0 Å². The van der Waals surface area contributed by atoms with Crippen molar-refractivity contribution in [3.63, 3.8) is 0 Å². The highest BCUT2D eigenvalue weighted by atomic mass is 79.9. The van der Waals surface area contributed by atoms with Gasteiger partial charge in [0.25, 0.3) is 0 Å². The van der Waals surface area contributed by atoms with Gasteiger partial charge in [-0.3, -0.25) is 0 Å². The van der Waals surface area contributed by atoms with Crippen molar-refractivity contribution in [3.8, 4) is 5.82 Å². The molecule has 0 saturated heterocycles. The topological polar surface area (TPSA) is 56.7 Å². The van der Waals surface area contributed by atoms with E-state index < -0.39 is 0 Å². The van der Waals surface area contributed by atoms with Crippen molar-refractivity contribution in [1.29, 1.82) is 0 Å². The Bertz CT molecular complexity index is 464. The fraction of sp³-hybridized carbons (Fsp3) is 0.200. The van der Waals surface area contributed by atoms with Crippen LogP contribution in [0.1, 0.15) is 18.5 Å². The van der Waals surface area contributed by atoms with Gasteiger partial charge in [-0.15, -0.1) is 0 Å². The molecule has 0 aliphatic rings. The molecule has 2 aromatic heterocycles. The number of nitrogens with two attached hydrogens (primary N) is 1. The average molecular weight is 267 g/mol. The Labute approximate surface area is 96.3 Å². The van der Waals surface area contributed by atoms with Crippen LogP contribution in [0, 0.1) is 0 Å². The largest absolute Gasteiger partial charge is 0.324 e. The van der Waals surface area contributed by atoms with Crippen LogP contribution in [0.2, 0.25) is 0 Å². The molecule has 0 radical (unpaired) electrons. The molecule has 2 aromatic rings. The Morgan fingerprint density at radius 3 is 2.93 bits per heavy atom. The Hall–Kier alpha value is -1.20. The summed E-state index contributed by atoms with van der Waals surface area (Å²) in [6.45, 7) is 1.94. The molecule has 2 rings (SSSR count). The normalized spacial score (nSPS) is 12.7. The highest BCUT2D eigenvalue weighted by Crippen LogP contribution is 2.14. The zero-order valence-electron chi connectivity index (χ0n) is 8.26. The molecule has 0 fully saturated rings. The van der Waals surface area contributed by atoms with Crippen molar-refractivity contribution < 1.29 is 0 Å². The molecule has 78 valence electrons. The van der Waals surface area contributed by atoms with Gasteiger partial charge in [0.05, 0.1) is 10.7 Å². The predicted molar refractivity (Wildman–Crippen MR) is 61.7 cm³/mol. The van der Waals surface area contributed by atoms with Gasteiger partial charge in [-0.25, -0.2) is 9.67 Å². The Balaban J connectivity index is 2.41. The lowest BCUT2D eigenvalue weighted by Crippen LogP contribution is -2.07. The molecule has 0 aliphatic carbocycles. The van der Waals surface area contributed by atoms with Gasteiger partial charge in [-0.1, -0.05) is 0 Å². The van der Waals surface area contributed by atoms with E-state index in [1.807, 2.05) is 25.3 Å². The lowest BCUT2D eigenvalue weighted by atomic mass is 10.1. The fourth-order valence-corrected chi connectivity index (χ4v) is 1.55. The van der Waals surface area contributed by atoms with Gasteiger partial charge in [-0.05, 0) is 40.5 Å². The molecule has 15 heavy (non-hydrogen) atoms. The van der Waals surface area contributed by atoms with Crippen molar-refractivity contribution in [2.75, 3.05) is 0 Å². The number of pyridine rings is 1. The van der Waals surface area contributed by atoms with E-state index in [0.29, 0.717) is 0 Å². The minimum absolute atomic E-state index is 0.00533. The summed E-state index contributed by atoms with van der Waals surface area (Å²) in [5, 5.41) is 4.15. The van der Waals surface area contributed by atoms with Gasteiger partial charge < -0.3 is 5.73 Å². The van der Waals surface area contributed by atoms with E-state index in [2.05, 4.69) is 26.0 Å². The smallest absolute Gasteiger partial charge is 0.153 e. The molecule has 0 unspecified atom stereocenters. The lowest BCUT2D eigenvalue weighted by molar-refractivity contribution is 0.796. The molecule has 0 aromatic carbocycles. The minimum Gasteiger partial charge on any atom is -0.324 e. The summed E-state index contributed by atoms with van der Waals surface area (Å²) >= 11 is 3.34. The van der Waals surface area contributed by atoms with E-state index >= 15 is 0 Å². The van der Waals surface area contributed by atoms with Gasteiger partial charge in [0, 0.05) is 18.4 Å². The summed E-state index contributed by atoms with van der Waals surface area (Å²) in [5.74, 6) is 0.774. The Kier molecular flexibility index (Phi) is 2.83. The second kappa shape index (κ2) is 4.12. The summed E-state index contributed by atoms with van der Waals surface area (Å²) in [6.07, 6.45) is 5.32. The maximum absolute atomic E-state index is 5.80. The average Bonchev–Trinajstić information content (AvgIpc) is 2.65. The van der Waals surface area contributed by atoms with Crippen molar-refractivity contribution in [3.05, 3.63) is 40.8 Å². The van der Waals surface area contributed by atoms with Crippen molar-refractivity contribution in [2.45, 2.75) is 13.0 Å². The minimum atomic E-state index is 0.00533. The highest BCUT2D eigenvalue weighted by molar-refractivity contribution is 9.10. The molecule has 2 heterocycles. The molecule has 0 saturated carbocycles. The zero-order chi connectivity index (χ0) is 10.8. The van der Waals surface area contributed by atoms with Crippen LogP contribution in [-0.2, 0) is 0 Å². The zero-order valence-corrected chi connectivity index (χ0v) is 9.85. The first-order valence-corrected chi connectivity index (χ1v) is 5.38. The lowest BCUT2D eigenvalue weighted by Gasteiger charge is -2.06. The molecule has 2 N–H and O–H groups in total. The number of halogens is 1. The predicted octanol–water partition coefficient (Wildman–Crippen LogP) is 2.05. The first-order valence-electron chi connectivity index (χ1n) is 4.59. The number of rotatable bonds is 2. The third-order valence-corrected chi connectivity index (χ3v) is 2.49. The molecule has 0 aliphatic heterocycles. The number of hydrogen-bond donors (Lipinski definition) is 1. The molecule has 1 atom stereocenters. The molecule has 0 spiro atoms. The van der Waals surface area contributed by atoms with E-state index in [9.17, 15) is 0 Å². The number of hydrogen-bond acceptors (Lipinski definition) is 3. The summed E-state index contributed by atoms with van der Waals surface area (Å²) in [7, 11) is 0. The Morgan fingerprint density at radius 1 is 1.53 bits per heavy atom. The SMILES string of the molecule is C[C@H](N)c1ccnc(-n2cc(Br)cn2)c1. The molecule has 5 heteroatoms. The van der Waals surface area contributed by atoms with E-state index in [-0.39, 0.29) is 6.04 Å². The van der Waals surface area contributed by atoms with Crippen LogP contribution in [0.15, 0.2) is 35.2 Å². The third-order valence-electron chi connectivity index (χ3n) is 2.08. The third kappa shape index (κ3) is 2.24. The van der Waals surface area contributed by atoms with Crippen molar-refractivity contribution >= 4 is 15.9 Å². The summed E-state index contributed by atoms with van der Waals surface area (Å²) < 4.78 is 2.63. The first kappa shape index (κ1) is 10.3. The highest BCUT2D eigenvalue weighted by Gasteiger charge is 2.04. The van der Waals surface area contributed by atoms with E-state index in [1.165, 1.54) is 0 Å². The van der Waals surface area contributed by atoms with Crippen LogP contribution < -0.4 is 5.73 Å². The van der Waals surface area contributed by atoms with Crippen LogP contribution in [0.4, 0.5) is 0 Å². The second-order valence-corrected chi connectivity index (χ2v) is 4.25. The quantitative estimate of drug-likeness (QED) is 0.905. The summed E-state index contributed by atoms with van der Waals surface area (Å²) in [5.41, 5.74) is 6.85. The number of nitrogens with zero attached hydrogens (tertiary/aromatic N) is 3. The van der Waals surface area contributed by atoms with Crippen LogP contribution in [0.5, 0.6) is 0 Å². The summed E-state index contributed by atoms with van der Waals surface area (Å²) in [4.78, 5) is 4.23. The van der Waals surface area contributed by atoms with Gasteiger partial charge >= 0.3 is 0 Å². The van der Waals surface area contributed by atoms with Gasteiger partial charge in [0.15, 0.2) is 5.82 Å². The molecular weight excluding hydrogens is 256 g/mol. The summed E-state index contributed by atoms with van der Waals surface area (Å²) in [6, 6.07) is 3.85. The van der Waals surface area contributed by atoms with Crippen LogP contribution >= 0.6 is 15.9 Å². The molecule has 4 nitrogen and oxygen atoms in total. The molecular formula is C10H11BrN4. The fourth-order valence-electron chi connectivity index (χ4n) is 1.27.